The second kappa shape index (κ2) is 6.71. The lowest BCUT2D eigenvalue weighted by atomic mass is 10.2. The Morgan fingerprint density at radius 2 is 2.00 bits per heavy atom. The second-order valence-electron chi connectivity index (χ2n) is 5.27. The van der Waals surface area contributed by atoms with Gasteiger partial charge in [0.1, 0.15) is 4.90 Å². The first-order valence-electron chi connectivity index (χ1n) is 6.98. The number of halogens is 2. The van der Waals surface area contributed by atoms with Crippen LogP contribution in [0.25, 0.3) is 0 Å². The first kappa shape index (κ1) is 17.5. The van der Waals surface area contributed by atoms with E-state index in [4.69, 9.17) is 0 Å². The Balaban J connectivity index is 2.22. The molecule has 2 heterocycles. The quantitative estimate of drug-likeness (QED) is 0.871. The van der Waals surface area contributed by atoms with Crippen LogP contribution in [0.5, 0.6) is 0 Å². The number of sulfonamides is 1. The number of nitrogens with one attached hydrogen (secondary N) is 1. The summed E-state index contributed by atoms with van der Waals surface area (Å²) in [5.41, 5.74) is 0.690. The van der Waals surface area contributed by atoms with Crippen LogP contribution in [0.2, 0.25) is 0 Å². The molecule has 0 aliphatic rings. The summed E-state index contributed by atoms with van der Waals surface area (Å²) in [7, 11) is -3.95. The monoisotopic (exact) mass is 344 g/mol. The largest absolute Gasteiger partial charge is 0.333 e. The number of pyridine rings is 1. The molecule has 0 saturated carbocycles. The lowest BCUT2D eigenvalue weighted by Gasteiger charge is -2.14. The summed E-state index contributed by atoms with van der Waals surface area (Å²) in [6.07, 6.45) is 2.01. The molecule has 2 aromatic heterocycles. The fourth-order valence-electron chi connectivity index (χ4n) is 2.42. The van der Waals surface area contributed by atoms with Gasteiger partial charge in [0.05, 0.1) is 11.4 Å². The number of hydrogen-bond donors (Lipinski definition) is 1. The molecule has 9 heteroatoms. The molecule has 0 aliphatic heterocycles. The molecule has 1 N–H and O–H groups in total. The summed E-state index contributed by atoms with van der Waals surface area (Å²) in [5.74, 6) is 0. The van der Waals surface area contributed by atoms with Gasteiger partial charge in [0.15, 0.2) is 0 Å². The maximum atomic E-state index is 12.8. The molecule has 0 radical (unpaired) electrons. The average molecular weight is 344 g/mol. The number of hydrogen-bond acceptors (Lipinski definition) is 4. The molecule has 0 saturated heterocycles. The number of aryl methyl sites for hydroxylation is 1. The van der Waals surface area contributed by atoms with Crippen LogP contribution >= 0.6 is 0 Å². The van der Waals surface area contributed by atoms with Crippen molar-refractivity contribution in [2.24, 2.45) is 0 Å². The predicted octanol–water partition coefficient (Wildman–Crippen LogP) is 2.20. The highest BCUT2D eigenvalue weighted by atomic mass is 32.2. The minimum atomic E-state index is -3.95. The van der Waals surface area contributed by atoms with Crippen molar-refractivity contribution in [3.8, 4) is 0 Å². The van der Waals surface area contributed by atoms with Crippen LogP contribution < -0.4 is 4.72 Å². The number of nitrogens with zero attached hydrogens (tertiary/aromatic N) is 3. The topological polar surface area (TPSA) is 76.9 Å². The van der Waals surface area contributed by atoms with Crippen molar-refractivity contribution in [1.29, 1.82) is 0 Å². The standard InChI is InChI=1S/C14H18F2N4O2S/c1-9(8-12-6-4-5-7-17-12)19-23(21,22)13-10(2)18-20(11(13)3)14(15)16/h4-7,9,14,19H,8H2,1-3H3/t9-/m1/s1. The number of aromatic nitrogens is 3. The van der Waals surface area contributed by atoms with Gasteiger partial charge in [0.25, 0.3) is 0 Å². The Kier molecular flexibility index (Phi) is 5.10. The van der Waals surface area contributed by atoms with E-state index in [0.717, 1.165) is 5.69 Å². The smallest absolute Gasteiger partial charge is 0.261 e. The minimum absolute atomic E-state index is 0.0420. The van der Waals surface area contributed by atoms with Gasteiger partial charge in [-0.05, 0) is 32.9 Å². The summed E-state index contributed by atoms with van der Waals surface area (Å²) >= 11 is 0. The molecule has 0 aromatic carbocycles. The van der Waals surface area contributed by atoms with Crippen LogP contribution in [0.1, 0.15) is 30.6 Å². The minimum Gasteiger partial charge on any atom is -0.261 e. The van der Waals surface area contributed by atoms with Crippen molar-refractivity contribution < 1.29 is 17.2 Å². The lowest BCUT2D eigenvalue weighted by Crippen LogP contribution is -2.34. The third-order valence-electron chi connectivity index (χ3n) is 3.31. The molecule has 0 fully saturated rings. The van der Waals surface area contributed by atoms with E-state index >= 15 is 0 Å². The zero-order valence-corrected chi connectivity index (χ0v) is 13.8. The highest BCUT2D eigenvalue weighted by molar-refractivity contribution is 7.89. The van der Waals surface area contributed by atoms with Gasteiger partial charge in [-0.1, -0.05) is 6.07 Å². The molecule has 0 aliphatic carbocycles. The van der Waals surface area contributed by atoms with E-state index in [1.54, 1.807) is 25.3 Å². The molecule has 23 heavy (non-hydrogen) atoms. The molecule has 0 unspecified atom stereocenters. The van der Waals surface area contributed by atoms with Crippen molar-refractivity contribution in [2.75, 3.05) is 0 Å². The summed E-state index contributed by atoms with van der Waals surface area (Å²) in [5, 5.41) is 3.60. The van der Waals surface area contributed by atoms with Gasteiger partial charge >= 0.3 is 6.55 Å². The predicted molar refractivity (Wildman–Crippen MR) is 80.7 cm³/mol. The third kappa shape index (κ3) is 3.91. The van der Waals surface area contributed by atoms with Gasteiger partial charge in [-0.2, -0.15) is 13.9 Å². The Hall–Kier alpha value is -1.87. The Morgan fingerprint density at radius 3 is 2.52 bits per heavy atom. The summed E-state index contributed by atoms with van der Waals surface area (Å²) in [4.78, 5) is 3.93. The van der Waals surface area contributed by atoms with E-state index in [1.165, 1.54) is 13.8 Å². The maximum absolute atomic E-state index is 12.8. The SMILES string of the molecule is Cc1nn(C(F)F)c(C)c1S(=O)(=O)N[C@H](C)Cc1ccccn1. The van der Waals surface area contributed by atoms with Crippen molar-refractivity contribution in [3.05, 3.63) is 41.5 Å². The third-order valence-corrected chi connectivity index (χ3v) is 5.15. The van der Waals surface area contributed by atoms with Crippen LogP contribution in [0.4, 0.5) is 8.78 Å². The van der Waals surface area contributed by atoms with Crippen LogP contribution in [-0.4, -0.2) is 29.2 Å². The van der Waals surface area contributed by atoms with E-state index in [9.17, 15) is 17.2 Å². The zero-order chi connectivity index (χ0) is 17.2. The fraction of sp³-hybridized carbons (Fsp3) is 0.429. The van der Waals surface area contributed by atoms with Crippen LogP contribution in [-0.2, 0) is 16.4 Å². The molecule has 0 bridgehead atoms. The summed E-state index contributed by atoms with van der Waals surface area (Å²) in [6.45, 7) is 1.51. The van der Waals surface area contributed by atoms with Crippen molar-refractivity contribution in [3.63, 3.8) is 0 Å². The molecular formula is C14H18F2N4O2S. The normalized spacial score (nSPS) is 13.5. The van der Waals surface area contributed by atoms with Crippen molar-refractivity contribution in [2.45, 2.75) is 44.7 Å². The number of alkyl halides is 2. The molecule has 2 rings (SSSR count). The van der Waals surface area contributed by atoms with Gasteiger partial charge in [-0.3, -0.25) is 4.98 Å². The summed E-state index contributed by atoms with van der Waals surface area (Å²) in [6, 6.07) is 4.92. The van der Waals surface area contributed by atoms with Gasteiger partial charge in [-0.15, -0.1) is 0 Å². The van der Waals surface area contributed by atoms with Crippen molar-refractivity contribution >= 4 is 10.0 Å². The first-order chi connectivity index (χ1) is 10.7. The van der Waals surface area contributed by atoms with Crippen LogP contribution in [0.15, 0.2) is 29.3 Å². The molecule has 6 nitrogen and oxygen atoms in total. The Labute approximate surface area is 133 Å². The average Bonchev–Trinajstić information content (AvgIpc) is 2.75. The lowest BCUT2D eigenvalue weighted by molar-refractivity contribution is 0.0538. The van der Waals surface area contributed by atoms with Crippen LogP contribution in [0, 0.1) is 13.8 Å². The maximum Gasteiger partial charge on any atom is 0.333 e. The fourth-order valence-corrected chi connectivity index (χ4v) is 4.07. The molecule has 0 amide bonds. The van der Waals surface area contributed by atoms with E-state index in [0.29, 0.717) is 11.1 Å². The van der Waals surface area contributed by atoms with Gasteiger partial charge < -0.3 is 0 Å². The Bertz CT molecular complexity index is 776. The zero-order valence-electron chi connectivity index (χ0n) is 13.0. The summed E-state index contributed by atoms with van der Waals surface area (Å²) < 4.78 is 53.5. The van der Waals surface area contributed by atoms with Crippen LogP contribution in [0.3, 0.4) is 0 Å². The number of rotatable bonds is 6. The first-order valence-corrected chi connectivity index (χ1v) is 8.46. The molecule has 2 aromatic rings. The molecular weight excluding hydrogens is 326 g/mol. The second-order valence-corrected chi connectivity index (χ2v) is 6.92. The van der Waals surface area contributed by atoms with Crippen molar-refractivity contribution in [1.82, 2.24) is 19.5 Å². The van der Waals surface area contributed by atoms with E-state index < -0.39 is 22.6 Å². The van der Waals surface area contributed by atoms with Gasteiger partial charge in [0.2, 0.25) is 10.0 Å². The highest BCUT2D eigenvalue weighted by Gasteiger charge is 2.28. The Morgan fingerprint density at radius 1 is 1.30 bits per heavy atom. The van der Waals surface area contributed by atoms with Gasteiger partial charge in [-0.25, -0.2) is 17.8 Å². The molecule has 1 atom stereocenters. The molecule has 126 valence electrons. The highest BCUT2D eigenvalue weighted by Crippen LogP contribution is 2.23. The van der Waals surface area contributed by atoms with E-state index in [1.807, 2.05) is 6.07 Å². The van der Waals surface area contributed by atoms with E-state index in [2.05, 4.69) is 14.8 Å². The molecule has 0 spiro atoms. The van der Waals surface area contributed by atoms with Gasteiger partial charge in [0, 0.05) is 24.4 Å². The van der Waals surface area contributed by atoms with E-state index in [-0.39, 0.29) is 16.3 Å².